The van der Waals surface area contributed by atoms with E-state index in [1.165, 1.54) is 0 Å². The van der Waals surface area contributed by atoms with Crippen LogP contribution in [0.15, 0.2) is 17.8 Å². The summed E-state index contributed by atoms with van der Waals surface area (Å²) in [5.74, 6) is 0.853. The van der Waals surface area contributed by atoms with E-state index >= 15 is 0 Å². The Morgan fingerprint density at radius 1 is 1.14 bits per heavy atom. The maximum Gasteiger partial charge on any atom is 0.326 e. The summed E-state index contributed by atoms with van der Waals surface area (Å²) in [6.07, 6.45) is 1.60. The summed E-state index contributed by atoms with van der Waals surface area (Å²) < 4.78 is 12.0. The fraction of sp³-hybridized carbons (Fsp3) is 0.286. The minimum Gasteiger partial charge on any atom is -0.490 e. The third-order valence-electron chi connectivity index (χ3n) is 2.65. The van der Waals surface area contributed by atoms with Gasteiger partial charge < -0.3 is 14.8 Å². The van der Waals surface area contributed by atoms with Gasteiger partial charge in [0.25, 0.3) is 5.91 Å². The van der Waals surface area contributed by atoms with Crippen LogP contribution < -0.4 is 20.1 Å². The average molecular weight is 402 g/mol. The largest absolute Gasteiger partial charge is 0.490 e. The number of hydrogen-bond donors (Lipinski definition) is 2. The Morgan fingerprint density at radius 3 is 2.43 bits per heavy atom. The molecule has 7 heteroatoms. The van der Waals surface area contributed by atoms with Crippen molar-refractivity contribution in [2.45, 2.75) is 13.8 Å². The maximum atomic E-state index is 11.5. The van der Waals surface area contributed by atoms with Gasteiger partial charge in [0.2, 0.25) is 0 Å². The van der Waals surface area contributed by atoms with Crippen LogP contribution in [0.1, 0.15) is 19.4 Å². The molecule has 1 fully saturated rings. The molecule has 3 amide bonds. The van der Waals surface area contributed by atoms with Crippen molar-refractivity contribution in [3.05, 3.63) is 27.0 Å². The van der Waals surface area contributed by atoms with Crippen LogP contribution in [0, 0.1) is 3.57 Å². The predicted octanol–water partition coefficient (Wildman–Crippen LogP) is 2.27. The highest BCUT2D eigenvalue weighted by Gasteiger charge is 2.23. The lowest BCUT2D eigenvalue weighted by molar-refractivity contribution is -0.115. The number of carbonyl (C=O) groups excluding carboxylic acids is 2. The van der Waals surface area contributed by atoms with Gasteiger partial charge in [0.15, 0.2) is 11.5 Å². The van der Waals surface area contributed by atoms with Crippen LogP contribution in [-0.4, -0.2) is 25.2 Å². The summed E-state index contributed by atoms with van der Waals surface area (Å²) in [6, 6.07) is 3.12. The molecule has 2 rings (SSSR count). The van der Waals surface area contributed by atoms with Crippen LogP contribution in [0.3, 0.4) is 0 Å². The molecule has 0 aliphatic carbocycles. The second-order valence-electron chi connectivity index (χ2n) is 4.16. The van der Waals surface area contributed by atoms with Crippen LogP contribution in [0.4, 0.5) is 4.79 Å². The zero-order valence-electron chi connectivity index (χ0n) is 11.7. The highest BCUT2D eigenvalue weighted by Crippen LogP contribution is 2.34. The predicted molar refractivity (Wildman–Crippen MR) is 86.1 cm³/mol. The third-order valence-corrected chi connectivity index (χ3v) is 3.45. The zero-order valence-corrected chi connectivity index (χ0v) is 13.8. The number of ether oxygens (including phenoxy) is 2. The molecule has 0 atom stereocenters. The molecule has 1 aromatic rings. The van der Waals surface area contributed by atoms with Crippen molar-refractivity contribution >= 4 is 40.6 Å². The van der Waals surface area contributed by atoms with Crippen LogP contribution >= 0.6 is 22.6 Å². The Kier molecular flexibility index (Phi) is 5.05. The summed E-state index contributed by atoms with van der Waals surface area (Å²) in [4.78, 5) is 22.6. The average Bonchev–Trinajstić information content (AvgIpc) is 2.72. The van der Waals surface area contributed by atoms with Crippen LogP contribution in [0.25, 0.3) is 6.08 Å². The molecule has 1 aliphatic heterocycles. The molecule has 0 unspecified atom stereocenters. The number of benzene rings is 1. The molecule has 1 heterocycles. The van der Waals surface area contributed by atoms with Gasteiger partial charge in [0.1, 0.15) is 5.70 Å². The standard InChI is InChI=1S/C14H15IN2O4/c1-3-20-11-7-8(5-9(15)12(11)21-4-2)6-10-13(18)17-14(19)16-10/h5-7H,3-4H2,1-2H3,(H2,16,17,18,19)/b10-6+. The number of halogens is 1. The quantitative estimate of drug-likeness (QED) is 0.450. The van der Waals surface area contributed by atoms with Crippen molar-refractivity contribution < 1.29 is 19.1 Å². The van der Waals surface area contributed by atoms with Crippen molar-refractivity contribution in [2.75, 3.05) is 13.2 Å². The van der Waals surface area contributed by atoms with E-state index in [0.717, 1.165) is 9.13 Å². The molecule has 112 valence electrons. The first kappa shape index (κ1) is 15.6. The van der Waals surface area contributed by atoms with E-state index in [-0.39, 0.29) is 5.70 Å². The van der Waals surface area contributed by atoms with Gasteiger partial charge in [-0.05, 0) is 60.2 Å². The van der Waals surface area contributed by atoms with Gasteiger partial charge in [-0.3, -0.25) is 10.1 Å². The third kappa shape index (κ3) is 3.66. The molecule has 1 saturated heterocycles. The molecule has 0 aromatic heterocycles. The number of carbonyl (C=O) groups is 2. The van der Waals surface area contributed by atoms with Gasteiger partial charge in [-0.2, -0.15) is 0 Å². The van der Waals surface area contributed by atoms with Crippen molar-refractivity contribution in [1.29, 1.82) is 0 Å². The molecular formula is C14H15IN2O4. The van der Waals surface area contributed by atoms with Gasteiger partial charge in [-0.1, -0.05) is 0 Å². The summed E-state index contributed by atoms with van der Waals surface area (Å²) in [6.45, 7) is 4.83. The fourth-order valence-electron chi connectivity index (χ4n) is 1.87. The lowest BCUT2D eigenvalue weighted by Gasteiger charge is -2.13. The van der Waals surface area contributed by atoms with Gasteiger partial charge in [-0.15, -0.1) is 0 Å². The Hall–Kier alpha value is -1.77. The molecular weight excluding hydrogens is 387 g/mol. The van der Waals surface area contributed by atoms with E-state index in [9.17, 15) is 9.59 Å². The van der Waals surface area contributed by atoms with Crippen molar-refractivity contribution in [3.63, 3.8) is 0 Å². The molecule has 0 bridgehead atoms. The molecule has 1 aromatic carbocycles. The van der Waals surface area contributed by atoms with Gasteiger partial charge >= 0.3 is 6.03 Å². The summed E-state index contributed by atoms with van der Waals surface area (Å²) in [5, 5.41) is 4.61. The minimum atomic E-state index is -0.517. The van der Waals surface area contributed by atoms with E-state index in [0.29, 0.717) is 24.7 Å². The molecule has 0 saturated carbocycles. The molecule has 21 heavy (non-hydrogen) atoms. The van der Waals surface area contributed by atoms with Crippen LogP contribution in [0.2, 0.25) is 0 Å². The number of nitrogens with one attached hydrogen (secondary N) is 2. The Morgan fingerprint density at radius 2 is 1.86 bits per heavy atom. The lowest BCUT2D eigenvalue weighted by atomic mass is 10.1. The summed E-state index contributed by atoms with van der Waals surface area (Å²) >= 11 is 2.15. The summed E-state index contributed by atoms with van der Waals surface area (Å²) in [7, 11) is 0. The van der Waals surface area contributed by atoms with Gasteiger partial charge in [-0.25, -0.2) is 4.79 Å². The molecule has 0 radical (unpaired) electrons. The van der Waals surface area contributed by atoms with Gasteiger partial charge in [0.05, 0.1) is 16.8 Å². The second-order valence-corrected chi connectivity index (χ2v) is 5.32. The Labute approximate surface area is 136 Å². The van der Waals surface area contributed by atoms with E-state index in [1.54, 1.807) is 12.1 Å². The Balaban J connectivity index is 2.39. The molecule has 0 spiro atoms. The highest BCUT2D eigenvalue weighted by molar-refractivity contribution is 14.1. The van der Waals surface area contributed by atoms with Crippen molar-refractivity contribution in [3.8, 4) is 11.5 Å². The number of amides is 3. The fourth-order valence-corrected chi connectivity index (χ4v) is 2.65. The maximum absolute atomic E-state index is 11.5. The first-order chi connectivity index (χ1) is 10.0. The molecule has 2 N–H and O–H groups in total. The first-order valence-corrected chi connectivity index (χ1v) is 7.56. The summed E-state index contributed by atoms with van der Waals surface area (Å²) in [5.41, 5.74) is 0.959. The topological polar surface area (TPSA) is 76.7 Å². The van der Waals surface area contributed by atoms with E-state index in [4.69, 9.17) is 9.47 Å². The number of rotatable bonds is 5. The Bertz CT molecular complexity index is 613. The van der Waals surface area contributed by atoms with Crippen LogP contribution in [-0.2, 0) is 4.79 Å². The normalized spacial score (nSPS) is 15.9. The zero-order chi connectivity index (χ0) is 15.4. The second kappa shape index (κ2) is 6.79. The molecule has 6 nitrogen and oxygen atoms in total. The van der Waals surface area contributed by atoms with Gasteiger partial charge in [0, 0.05) is 0 Å². The van der Waals surface area contributed by atoms with Crippen LogP contribution in [0.5, 0.6) is 11.5 Å². The van der Waals surface area contributed by atoms with E-state index in [1.807, 2.05) is 19.9 Å². The van der Waals surface area contributed by atoms with Crippen molar-refractivity contribution in [2.24, 2.45) is 0 Å². The minimum absolute atomic E-state index is 0.211. The first-order valence-electron chi connectivity index (χ1n) is 6.48. The number of hydrogen-bond acceptors (Lipinski definition) is 4. The monoisotopic (exact) mass is 402 g/mol. The van der Waals surface area contributed by atoms with E-state index in [2.05, 4.69) is 33.2 Å². The smallest absolute Gasteiger partial charge is 0.326 e. The number of imide groups is 1. The number of urea groups is 1. The van der Waals surface area contributed by atoms with E-state index < -0.39 is 11.9 Å². The van der Waals surface area contributed by atoms with Crippen molar-refractivity contribution in [1.82, 2.24) is 10.6 Å². The SMILES string of the molecule is CCOc1cc(/C=C2/NC(=O)NC2=O)cc(I)c1OCC. The molecule has 1 aliphatic rings. The lowest BCUT2D eigenvalue weighted by Crippen LogP contribution is -2.22. The highest BCUT2D eigenvalue weighted by atomic mass is 127.